The molecule has 256 valence electrons. The van der Waals surface area contributed by atoms with Gasteiger partial charge in [0.1, 0.15) is 0 Å². The molecule has 0 aliphatic heterocycles. The molecular weight excluding hydrogens is 528 g/mol. The Balaban J connectivity index is 0.000000293. The third-order valence-electron chi connectivity index (χ3n) is 13.4. The summed E-state index contributed by atoms with van der Waals surface area (Å²) in [5, 5.41) is 0. The van der Waals surface area contributed by atoms with Crippen LogP contribution in [0.15, 0.2) is 44.6 Å². The van der Waals surface area contributed by atoms with E-state index in [1.807, 2.05) is 0 Å². The van der Waals surface area contributed by atoms with E-state index in [1.165, 1.54) is 51.4 Å². The van der Waals surface area contributed by atoms with Crippen LogP contribution < -0.4 is 0 Å². The van der Waals surface area contributed by atoms with Crippen LogP contribution in [0.1, 0.15) is 190 Å². The zero-order valence-corrected chi connectivity index (χ0v) is 34.0. The van der Waals surface area contributed by atoms with Crippen LogP contribution in [0, 0.1) is 45.3 Å². The van der Waals surface area contributed by atoms with Crippen LogP contribution in [0.4, 0.5) is 0 Å². The van der Waals surface area contributed by atoms with Crippen LogP contribution in [0.25, 0.3) is 0 Å². The SMILES string of the molecule is CC[C@@H]1CC(=C(C)C)C1(C)C.CC[C@@H]1CC(=C(C)C)C1(C)C.CC[C@H]1CC(=C(C)C)C1(C)C.CC[C@H]1CC(=C(C)C)C1(C)C. The molecule has 0 saturated heterocycles. The highest BCUT2D eigenvalue weighted by Gasteiger charge is 2.44. The van der Waals surface area contributed by atoms with Gasteiger partial charge in [0.25, 0.3) is 0 Å². The molecule has 4 aliphatic carbocycles. The van der Waals surface area contributed by atoms with Gasteiger partial charge >= 0.3 is 0 Å². The predicted octanol–water partition coefficient (Wildman–Crippen LogP) is 15.1. The van der Waals surface area contributed by atoms with E-state index in [-0.39, 0.29) is 0 Å². The second kappa shape index (κ2) is 15.7. The van der Waals surface area contributed by atoms with E-state index in [0.29, 0.717) is 21.7 Å². The zero-order chi connectivity index (χ0) is 34.6. The molecule has 0 heteroatoms. The third kappa shape index (κ3) is 8.65. The average Bonchev–Trinajstić information content (AvgIpc) is 2.87. The lowest BCUT2D eigenvalue weighted by Gasteiger charge is -2.48. The largest absolute Gasteiger partial charge is 0.0767 e. The Kier molecular flexibility index (Phi) is 14.6. The lowest BCUT2D eigenvalue weighted by Crippen LogP contribution is -2.37. The van der Waals surface area contributed by atoms with Crippen molar-refractivity contribution in [2.75, 3.05) is 0 Å². The number of hydrogen-bond donors (Lipinski definition) is 0. The maximum Gasteiger partial charge on any atom is -0.0111 e. The number of allylic oxidation sites excluding steroid dienone is 8. The van der Waals surface area contributed by atoms with Gasteiger partial charge in [-0.2, -0.15) is 0 Å². The van der Waals surface area contributed by atoms with Crippen molar-refractivity contribution in [3.05, 3.63) is 44.6 Å². The fourth-order valence-corrected chi connectivity index (χ4v) is 9.53. The summed E-state index contributed by atoms with van der Waals surface area (Å²) in [5.41, 5.74) is 15.0. The van der Waals surface area contributed by atoms with Crippen LogP contribution in [-0.4, -0.2) is 0 Å². The van der Waals surface area contributed by atoms with Gasteiger partial charge in [0.05, 0.1) is 0 Å². The molecule has 0 bridgehead atoms. The Labute approximate surface area is 279 Å². The van der Waals surface area contributed by atoms with Crippen molar-refractivity contribution in [3.63, 3.8) is 0 Å². The van der Waals surface area contributed by atoms with Crippen LogP contribution in [0.2, 0.25) is 0 Å². The van der Waals surface area contributed by atoms with Gasteiger partial charge in [-0.25, -0.2) is 0 Å². The minimum Gasteiger partial charge on any atom is -0.0767 e. The second-order valence-electron chi connectivity index (χ2n) is 18.0. The Morgan fingerprint density at radius 1 is 0.364 bits per heavy atom. The quantitative estimate of drug-likeness (QED) is 0.278. The van der Waals surface area contributed by atoms with Crippen molar-refractivity contribution in [1.29, 1.82) is 0 Å². The van der Waals surface area contributed by atoms with Crippen molar-refractivity contribution in [2.24, 2.45) is 45.3 Å². The molecule has 4 fully saturated rings. The lowest BCUT2D eigenvalue weighted by atomic mass is 9.57. The molecule has 44 heavy (non-hydrogen) atoms. The summed E-state index contributed by atoms with van der Waals surface area (Å²) in [5.74, 6) is 3.75. The molecule has 0 amide bonds. The highest BCUT2D eigenvalue weighted by Crippen LogP contribution is 2.55. The maximum absolute atomic E-state index is 2.38. The molecule has 0 aromatic heterocycles. The van der Waals surface area contributed by atoms with E-state index in [0.717, 1.165) is 23.7 Å². The average molecular weight is 609 g/mol. The van der Waals surface area contributed by atoms with Gasteiger partial charge in [-0.1, -0.05) is 153 Å². The number of hydrogen-bond acceptors (Lipinski definition) is 0. The first kappa shape index (κ1) is 41.0. The molecule has 4 saturated carbocycles. The summed E-state index contributed by atoms with van der Waals surface area (Å²) in [6.07, 6.45) is 10.8. The Morgan fingerprint density at radius 3 is 0.568 bits per heavy atom. The van der Waals surface area contributed by atoms with Gasteiger partial charge in [-0.15, -0.1) is 0 Å². The molecule has 0 aromatic carbocycles. The van der Waals surface area contributed by atoms with Crippen LogP contribution in [0.3, 0.4) is 0 Å². The first-order chi connectivity index (χ1) is 20.0. The topological polar surface area (TPSA) is 0 Å². The Bertz CT molecular complexity index is 897. The lowest BCUT2D eigenvalue weighted by molar-refractivity contribution is 0.158. The first-order valence-corrected chi connectivity index (χ1v) is 18.7. The second-order valence-corrected chi connectivity index (χ2v) is 18.0. The van der Waals surface area contributed by atoms with E-state index < -0.39 is 0 Å². The monoisotopic (exact) mass is 609 g/mol. The van der Waals surface area contributed by atoms with Crippen molar-refractivity contribution in [2.45, 2.75) is 190 Å². The molecule has 4 aliphatic rings. The molecule has 0 radical (unpaired) electrons. The van der Waals surface area contributed by atoms with Crippen LogP contribution in [-0.2, 0) is 0 Å². The summed E-state index contributed by atoms with van der Waals surface area (Å²) in [7, 11) is 0. The molecule has 0 aromatic rings. The van der Waals surface area contributed by atoms with Crippen molar-refractivity contribution in [3.8, 4) is 0 Å². The summed E-state index contributed by atoms with van der Waals surface area (Å²) in [6, 6.07) is 0. The normalized spacial score (nSPS) is 28.1. The standard InChI is InChI=1S/4C11H20/c4*1-6-9-7-10(8(2)3)11(9,4)5/h4*9H,6-7H2,1-5H3/t4*9-/m1100/s1. The van der Waals surface area contributed by atoms with Gasteiger partial charge in [0, 0.05) is 0 Å². The molecular formula is C44H80. The van der Waals surface area contributed by atoms with Crippen LogP contribution in [0.5, 0.6) is 0 Å². The van der Waals surface area contributed by atoms with Gasteiger partial charge in [-0.05, 0) is 126 Å². The first-order valence-electron chi connectivity index (χ1n) is 18.7. The molecule has 0 spiro atoms. The summed E-state index contributed by atoms with van der Waals surface area (Å²) >= 11 is 0. The summed E-state index contributed by atoms with van der Waals surface area (Å²) in [6.45, 7) is 46.2. The van der Waals surface area contributed by atoms with Crippen LogP contribution >= 0.6 is 0 Å². The fraction of sp³-hybridized carbons (Fsp3) is 0.818. The molecule has 0 heterocycles. The number of rotatable bonds is 4. The third-order valence-corrected chi connectivity index (χ3v) is 13.4. The van der Waals surface area contributed by atoms with Crippen molar-refractivity contribution < 1.29 is 0 Å². The highest BCUT2D eigenvalue weighted by atomic mass is 14.5. The van der Waals surface area contributed by atoms with Gasteiger partial charge in [0.15, 0.2) is 0 Å². The molecule has 0 unspecified atom stereocenters. The van der Waals surface area contributed by atoms with Gasteiger partial charge in [0.2, 0.25) is 0 Å². The maximum atomic E-state index is 2.38. The minimum absolute atomic E-state index is 0.508. The molecule has 0 nitrogen and oxygen atoms in total. The smallest absolute Gasteiger partial charge is 0.0111 e. The Morgan fingerprint density at radius 2 is 0.500 bits per heavy atom. The minimum atomic E-state index is 0.508. The van der Waals surface area contributed by atoms with E-state index >= 15 is 0 Å². The summed E-state index contributed by atoms with van der Waals surface area (Å²) < 4.78 is 0. The van der Waals surface area contributed by atoms with Crippen molar-refractivity contribution in [1.82, 2.24) is 0 Å². The highest BCUT2D eigenvalue weighted by molar-refractivity contribution is 5.30. The van der Waals surface area contributed by atoms with Gasteiger partial charge in [-0.3, -0.25) is 0 Å². The molecule has 0 N–H and O–H groups in total. The van der Waals surface area contributed by atoms with E-state index in [2.05, 4.69) is 138 Å². The zero-order valence-electron chi connectivity index (χ0n) is 34.0. The molecule has 4 atom stereocenters. The van der Waals surface area contributed by atoms with Crippen molar-refractivity contribution >= 4 is 0 Å². The predicted molar refractivity (Wildman–Crippen MR) is 202 cm³/mol. The van der Waals surface area contributed by atoms with E-state index in [9.17, 15) is 0 Å². The Hall–Kier alpha value is -1.04. The fourth-order valence-electron chi connectivity index (χ4n) is 9.53. The summed E-state index contributed by atoms with van der Waals surface area (Å²) in [4.78, 5) is 0. The van der Waals surface area contributed by atoms with Gasteiger partial charge < -0.3 is 0 Å². The molecule has 4 rings (SSSR count). The van der Waals surface area contributed by atoms with E-state index in [4.69, 9.17) is 0 Å². The van der Waals surface area contributed by atoms with E-state index in [1.54, 1.807) is 44.6 Å².